The molecule has 0 saturated carbocycles. The number of hydrogen-bond donors (Lipinski definition) is 0. The summed E-state index contributed by atoms with van der Waals surface area (Å²) in [5, 5.41) is 8.60. The van der Waals surface area contributed by atoms with Gasteiger partial charge in [-0.2, -0.15) is 14.5 Å². The highest BCUT2D eigenvalue weighted by Gasteiger charge is 2.33. The zero-order chi connectivity index (χ0) is 22.3. The molecular formula is C21H26N6O3S. The number of sulfonamides is 1. The second kappa shape index (κ2) is 7.93. The van der Waals surface area contributed by atoms with Crippen LogP contribution in [0.3, 0.4) is 0 Å². The van der Waals surface area contributed by atoms with Crippen molar-refractivity contribution in [1.29, 1.82) is 0 Å². The van der Waals surface area contributed by atoms with E-state index in [2.05, 4.69) is 10.2 Å². The predicted octanol–water partition coefficient (Wildman–Crippen LogP) is 1.68. The molecule has 1 aliphatic rings. The molecule has 1 amide bonds. The van der Waals surface area contributed by atoms with E-state index in [-0.39, 0.29) is 23.9 Å². The van der Waals surface area contributed by atoms with Gasteiger partial charge in [0.2, 0.25) is 10.0 Å². The Labute approximate surface area is 181 Å². The van der Waals surface area contributed by atoms with Crippen LogP contribution in [0.2, 0.25) is 0 Å². The number of nitrogens with zero attached hydrogens (tertiary/aromatic N) is 6. The molecule has 0 radical (unpaired) electrons. The van der Waals surface area contributed by atoms with Crippen LogP contribution < -0.4 is 0 Å². The Bertz CT molecular complexity index is 1220. The van der Waals surface area contributed by atoms with Crippen LogP contribution in [-0.2, 0) is 17.1 Å². The van der Waals surface area contributed by atoms with Gasteiger partial charge < -0.3 is 4.90 Å². The minimum Gasteiger partial charge on any atom is -0.336 e. The number of rotatable bonds is 4. The van der Waals surface area contributed by atoms with Crippen LogP contribution in [0.25, 0.3) is 5.69 Å². The molecule has 0 aliphatic carbocycles. The number of para-hydroxylation sites is 1. The van der Waals surface area contributed by atoms with Crippen molar-refractivity contribution in [2.24, 2.45) is 7.05 Å². The Morgan fingerprint density at radius 1 is 0.968 bits per heavy atom. The van der Waals surface area contributed by atoms with E-state index in [9.17, 15) is 13.2 Å². The van der Waals surface area contributed by atoms with E-state index >= 15 is 0 Å². The van der Waals surface area contributed by atoms with Gasteiger partial charge in [-0.05, 0) is 32.9 Å². The molecule has 3 aromatic rings. The van der Waals surface area contributed by atoms with Gasteiger partial charge in [-0.3, -0.25) is 9.48 Å². The molecule has 1 aliphatic heterocycles. The SMILES string of the molecule is Cc1nn(-c2ccccc2)c(C)c1C(=O)N1CCN(S(=O)(=O)c2cnn(C)c2C)CC1. The maximum absolute atomic E-state index is 13.3. The van der Waals surface area contributed by atoms with Crippen molar-refractivity contribution in [1.82, 2.24) is 28.8 Å². The highest BCUT2D eigenvalue weighted by Crippen LogP contribution is 2.23. The largest absolute Gasteiger partial charge is 0.336 e. The Balaban J connectivity index is 1.52. The molecule has 31 heavy (non-hydrogen) atoms. The van der Waals surface area contributed by atoms with Crippen molar-refractivity contribution in [2.45, 2.75) is 25.7 Å². The van der Waals surface area contributed by atoms with E-state index in [1.807, 2.05) is 44.2 Å². The fourth-order valence-electron chi connectivity index (χ4n) is 3.93. The second-order valence-corrected chi connectivity index (χ2v) is 9.61. The molecular weight excluding hydrogens is 416 g/mol. The summed E-state index contributed by atoms with van der Waals surface area (Å²) in [5.74, 6) is -0.119. The highest BCUT2D eigenvalue weighted by atomic mass is 32.2. The predicted molar refractivity (Wildman–Crippen MR) is 116 cm³/mol. The zero-order valence-electron chi connectivity index (χ0n) is 18.1. The monoisotopic (exact) mass is 442 g/mol. The summed E-state index contributed by atoms with van der Waals surface area (Å²) in [6, 6.07) is 9.67. The van der Waals surface area contributed by atoms with Crippen molar-refractivity contribution >= 4 is 15.9 Å². The van der Waals surface area contributed by atoms with Gasteiger partial charge in [0.05, 0.1) is 34.5 Å². The molecule has 0 atom stereocenters. The minimum absolute atomic E-state index is 0.119. The van der Waals surface area contributed by atoms with Crippen molar-refractivity contribution < 1.29 is 13.2 Å². The number of carbonyl (C=O) groups is 1. The van der Waals surface area contributed by atoms with Crippen LogP contribution in [0.1, 0.15) is 27.4 Å². The Kier molecular flexibility index (Phi) is 5.44. The first-order valence-corrected chi connectivity index (χ1v) is 11.6. The molecule has 1 fully saturated rings. The van der Waals surface area contributed by atoms with E-state index in [4.69, 9.17) is 0 Å². The molecule has 1 saturated heterocycles. The van der Waals surface area contributed by atoms with Gasteiger partial charge in [0.25, 0.3) is 5.91 Å². The number of benzene rings is 1. The van der Waals surface area contributed by atoms with Crippen LogP contribution in [-0.4, -0.2) is 69.3 Å². The molecule has 0 N–H and O–H groups in total. The van der Waals surface area contributed by atoms with Crippen LogP contribution in [0.15, 0.2) is 41.4 Å². The van der Waals surface area contributed by atoms with Crippen molar-refractivity contribution in [2.75, 3.05) is 26.2 Å². The first-order chi connectivity index (χ1) is 14.7. The first-order valence-electron chi connectivity index (χ1n) is 10.1. The van der Waals surface area contributed by atoms with Gasteiger partial charge in [-0.15, -0.1) is 0 Å². The molecule has 1 aromatic carbocycles. The summed E-state index contributed by atoms with van der Waals surface area (Å²) in [4.78, 5) is 15.2. The van der Waals surface area contributed by atoms with Crippen molar-refractivity contribution in [3.05, 3.63) is 59.2 Å². The summed E-state index contributed by atoms with van der Waals surface area (Å²) in [7, 11) is -1.92. The number of aromatic nitrogens is 4. The normalized spacial score (nSPS) is 15.4. The van der Waals surface area contributed by atoms with Gasteiger partial charge in [-0.25, -0.2) is 13.1 Å². The molecule has 0 spiro atoms. The van der Waals surface area contributed by atoms with Crippen LogP contribution in [0, 0.1) is 20.8 Å². The third-order valence-electron chi connectivity index (χ3n) is 5.84. The lowest BCUT2D eigenvalue weighted by Gasteiger charge is -2.34. The molecule has 2 aromatic heterocycles. The molecule has 164 valence electrons. The number of piperazine rings is 1. The summed E-state index contributed by atoms with van der Waals surface area (Å²) >= 11 is 0. The van der Waals surface area contributed by atoms with Gasteiger partial charge in [0.1, 0.15) is 4.90 Å². The smallest absolute Gasteiger partial charge is 0.257 e. The van der Waals surface area contributed by atoms with E-state index in [1.165, 1.54) is 10.5 Å². The fourth-order valence-corrected chi connectivity index (χ4v) is 5.54. The lowest BCUT2D eigenvalue weighted by molar-refractivity contribution is 0.0696. The van der Waals surface area contributed by atoms with E-state index in [1.54, 1.807) is 28.2 Å². The number of carbonyl (C=O) groups excluding carboxylic acids is 1. The average Bonchev–Trinajstić information content (AvgIpc) is 3.26. The van der Waals surface area contributed by atoms with Crippen LogP contribution in [0.5, 0.6) is 0 Å². The van der Waals surface area contributed by atoms with Gasteiger partial charge in [-0.1, -0.05) is 18.2 Å². The number of hydrogen-bond acceptors (Lipinski definition) is 5. The third-order valence-corrected chi connectivity index (χ3v) is 7.84. The Morgan fingerprint density at radius 2 is 1.61 bits per heavy atom. The van der Waals surface area contributed by atoms with Gasteiger partial charge in [0.15, 0.2) is 0 Å². The van der Waals surface area contributed by atoms with Crippen molar-refractivity contribution in [3.63, 3.8) is 0 Å². The zero-order valence-corrected chi connectivity index (χ0v) is 18.9. The minimum atomic E-state index is -3.64. The lowest BCUT2D eigenvalue weighted by atomic mass is 10.1. The maximum Gasteiger partial charge on any atom is 0.257 e. The third kappa shape index (κ3) is 3.66. The molecule has 10 heteroatoms. The van der Waals surface area contributed by atoms with E-state index < -0.39 is 10.0 Å². The second-order valence-electron chi connectivity index (χ2n) is 7.71. The molecule has 4 rings (SSSR count). The maximum atomic E-state index is 13.3. The molecule has 9 nitrogen and oxygen atoms in total. The Morgan fingerprint density at radius 3 is 2.19 bits per heavy atom. The Hall–Kier alpha value is -2.98. The summed E-state index contributed by atoms with van der Waals surface area (Å²) in [5.41, 5.74) is 3.49. The average molecular weight is 443 g/mol. The fraction of sp³-hybridized carbons (Fsp3) is 0.381. The van der Waals surface area contributed by atoms with Gasteiger partial charge >= 0.3 is 0 Å². The molecule has 0 bridgehead atoms. The summed E-state index contributed by atoms with van der Waals surface area (Å²) in [6.07, 6.45) is 1.38. The first kappa shape index (κ1) is 21.3. The summed E-state index contributed by atoms with van der Waals surface area (Å²) in [6.45, 7) is 6.58. The van der Waals surface area contributed by atoms with E-state index in [0.717, 1.165) is 11.4 Å². The lowest BCUT2D eigenvalue weighted by Crippen LogP contribution is -2.50. The highest BCUT2D eigenvalue weighted by molar-refractivity contribution is 7.89. The van der Waals surface area contributed by atoms with E-state index in [0.29, 0.717) is 30.0 Å². The van der Waals surface area contributed by atoms with Crippen LogP contribution in [0.4, 0.5) is 0 Å². The quantitative estimate of drug-likeness (QED) is 0.613. The topological polar surface area (TPSA) is 93.3 Å². The molecule has 3 heterocycles. The number of amides is 1. The standard InChI is InChI=1S/C21H26N6O3S/c1-15-20(17(3)27(23-15)18-8-6-5-7-9-18)21(28)25-10-12-26(13-11-25)31(29,30)19-14-22-24(4)16(19)2/h5-9,14H,10-13H2,1-4H3. The van der Waals surface area contributed by atoms with Gasteiger partial charge in [0, 0.05) is 33.2 Å². The van der Waals surface area contributed by atoms with Crippen LogP contribution >= 0.6 is 0 Å². The molecule has 0 unspecified atom stereocenters. The van der Waals surface area contributed by atoms with Crippen molar-refractivity contribution in [3.8, 4) is 5.69 Å². The number of aryl methyl sites for hydroxylation is 2. The summed E-state index contributed by atoms with van der Waals surface area (Å²) < 4.78 is 30.7.